The van der Waals surface area contributed by atoms with Gasteiger partial charge in [-0.05, 0) is 215 Å². The maximum atomic E-state index is 6.37. The van der Waals surface area contributed by atoms with Crippen LogP contribution in [0, 0.1) is 13.8 Å². The summed E-state index contributed by atoms with van der Waals surface area (Å²) < 4.78 is 23.8. The largest absolute Gasteiger partial charge is 0.494 e. The van der Waals surface area contributed by atoms with Crippen molar-refractivity contribution in [1.29, 1.82) is 0 Å². The molecule has 0 saturated carbocycles. The lowest BCUT2D eigenvalue weighted by molar-refractivity contribution is 0.340. The molecule has 6 heteroatoms. The fourth-order valence-electron chi connectivity index (χ4n) is 10.9. The lowest BCUT2D eigenvalue weighted by Crippen LogP contribution is -2.10. The molecule has 0 aliphatic heterocycles. The standard InChI is InChI=1S/C61H54N2O4/c1-8-64-43-25-18-39(19-26-43)62(7)42-24-35-55(67-11-4)53(36-42)46-31-32-51-58-38(6)57-50-17-13-15-48-54(34-33-52(61(48)50)59(57)37(5)56(58)49-16-12-14-47(46)60(49)51)63(40-20-27-44(28-21-40)65-9-2)41-22-29-45(30-23-41)66-10-3/h12-36H,8-11H2,1-7H3. The predicted molar refractivity (Wildman–Crippen MR) is 283 cm³/mol. The second-order valence-electron chi connectivity index (χ2n) is 17.3. The van der Waals surface area contributed by atoms with E-state index in [0.29, 0.717) is 26.4 Å². The van der Waals surface area contributed by atoms with Gasteiger partial charge in [0, 0.05) is 40.7 Å². The lowest BCUT2D eigenvalue weighted by Gasteiger charge is -2.27. The summed E-state index contributed by atoms with van der Waals surface area (Å²) >= 11 is 0. The van der Waals surface area contributed by atoms with Gasteiger partial charge in [-0.3, -0.25) is 0 Å². The van der Waals surface area contributed by atoms with Crippen molar-refractivity contribution in [3.8, 4) is 34.1 Å². The highest BCUT2D eigenvalue weighted by molar-refractivity contribution is 6.41. The minimum atomic E-state index is 0.578. The fourth-order valence-corrected chi connectivity index (χ4v) is 10.9. The van der Waals surface area contributed by atoms with E-state index in [0.717, 1.165) is 62.6 Å². The Kier molecular flexibility index (Phi) is 10.6. The van der Waals surface area contributed by atoms with Crippen molar-refractivity contribution in [2.24, 2.45) is 0 Å². The number of anilines is 5. The molecule has 0 fully saturated rings. The summed E-state index contributed by atoms with van der Waals surface area (Å²) in [4.78, 5) is 4.58. The summed E-state index contributed by atoms with van der Waals surface area (Å²) in [5.41, 5.74) is 10.3. The van der Waals surface area contributed by atoms with Crippen molar-refractivity contribution in [3.05, 3.63) is 163 Å². The highest BCUT2D eigenvalue weighted by atomic mass is 16.5. The number of ether oxygens (including phenoxy) is 4. The molecule has 67 heavy (non-hydrogen) atoms. The molecule has 0 aromatic heterocycles. The van der Waals surface area contributed by atoms with Crippen molar-refractivity contribution in [1.82, 2.24) is 0 Å². The van der Waals surface area contributed by atoms with Crippen LogP contribution in [0.5, 0.6) is 23.0 Å². The zero-order chi connectivity index (χ0) is 45.9. The zero-order valence-electron chi connectivity index (χ0n) is 39.3. The van der Waals surface area contributed by atoms with Crippen LogP contribution in [-0.4, -0.2) is 33.5 Å². The maximum absolute atomic E-state index is 6.37. The van der Waals surface area contributed by atoms with Gasteiger partial charge in [0.2, 0.25) is 0 Å². The van der Waals surface area contributed by atoms with Crippen LogP contribution in [-0.2, 0) is 0 Å². The highest BCUT2D eigenvalue weighted by Crippen LogP contribution is 2.53. The number of rotatable bonds is 14. The van der Waals surface area contributed by atoms with Crippen molar-refractivity contribution >= 4 is 93.1 Å². The Morgan fingerprint density at radius 3 is 1.28 bits per heavy atom. The molecular formula is C61H54N2O4. The molecule has 11 rings (SSSR count). The summed E-state index contributed by atoms with van der Waals surface area (Å²) in [6.07, 6.45) is 0. The number of benzene rings is 9. The SMILES string of the molecule is CCOc1ccc(N(C)c2ccc(OCC)c(-c3ccc4c5c(C)c6c7cccc8c(N(c9ccc(OCC)cc9)c9ccc(OCC)cc9)ccc(c6c(C)c5c5cccc3c45)c87)c2)cc1. The van der Waals surface area contributed by atoms with Crippen LogP contribution in [0.3, 0.4) is 0 Å². The molecule has 11 aromatic carbocycles. The Labute approximate surface area is 392 Å². The fraction of sp³-hybridized carbons (Fsp3) is 0.180. The van der Waals surface area contributed by atoms with Crippen LogP contribution in [0.1, 0.15) is 38.8 Å². The molecule has 0 aliphatic rings. The predicted octanol–water partition coefficient (Wildman–Crippen LogP) is 16.6. The van der Waals surface area contributed by atoms with Gasteiger partial charge >= 0.3 is 0 Å². The van der Waals surface area contributed by atoms with E-state index in [1.807, 2.05) is 32.9 Å². The Morgan fingerprint density at radius 2 is 0.776 bits per heavy atom. The molecule has 0 bridgehead atoms. The van der Waals surface area contributed by atoms with Crippen LogP contribution < -0.4 is 28.7 Å². The van der Waals surface area contributed by atoms with Crippen LogP contribution in [0.15, 0.2) is 152 Å². The first-order chi connectivity index (χ1) is 32.8. The molecular weight excluding hydrogens is 825 g/mol. The van der Waals surface area contributed by atoms with Crippen molar-refractivity contribution in [2.45, 2.75) is 41.5 Å². The van der Waals surface area contributed by atoms with Gasteiger partial charge in [0.25, 0.3) is 0 Å². The number of hydrogen-bond acceptors (Lipinski definition) is 6. The van der Waals surface area contributed by atoms with E-state index in [1.54, 1.807) is 0 Å². The Bertz CT molecular complexity index is 3490. The van der Waals surface area contributed by atoms with Gasteiger partial charge in [0.15, 0.2) is 0 Å². The summed E-state index contributed by atoms with van der Waals surface area (Å²) in [7, 11) is 2.11. The average molecular weight is 879 g/mol. The molecule has 0 amide bonds. The van der Waals surface area contributed by atoms with Crippen LogP contribution in [0.2, 0.25) is 0 Å². The van der Waals surface area contributed by atoms with Gasteiger partial charge in [-0.25, -0.2) is 0 Å². The first-order valence-corrected chi connectivity index (χ1v) is 23.6. The third-order valence-electron chi connectivity index (χ3n) is 13.7. The molecule has 0 heterocycles. The number of hydrogen-bond donors (Lipinski definition) is 0. The third kappa shape index (κ3) is 6.76. The highest BCUT2D eigenvalue weighted by Gasteiger charge is 2.26. The number of aryl methyl sites for hydroxylation is 2. The van der Waals surface area contributed by atoms with Crippen LogP contribution in [0.4, 0.5) is 28.4 Å². The molecule has 6 nitrogen and oxygen atoms in total. The molecule has 0 aliphatic carbocycles. The van der Waals surface area contributed by atoms with E-state index < -0.39 is 0 Å². The molecule has 0 saturated heterocycles. The molecule has 0 unspecified atom stereocenters. The van der Waals surface area contributed by atoms with Crippen molar-refractivity contribution in [2.75, 3.05) is 43.3 Å². The van der Waals surface area contributed by atoms with Gasteiger partial charge in [0.05, 0.1) is 32.1 Å². The van der Waals surface area contributed by atoms with E-state index in [1.165, 1.54) is 75.8 Å². The minimum Gasteiger partial charge on any atom is -0.494 e. The second kappa shape index (κ2) is 16.9. The average Bonchev–Trinajstić information content (AvgIpc) is 3.89. The molecule has 11 aromatic rings. The number of fused-ring (bicyclic) bond motifs is 6. The van der Waals surface area contributed by atoms with Crippen molar-refractivity contribution in [3.63, 3.8) is 0 Å². The van der Waals surface area contributed by atoms with Gasteiger partial charge in [-0.15, -0.1) is 0 Å². The first kappa shape index (κ1) is 42.0. The molecule has 0 radical (unpaired) electrons. The minimum absolute atomic E-state index is 0.578. The monoisotopic (exact) mass is 878 g/mol. The summed E-state index contributed by atoms with van der Waals surface area (Å²) in [6.45, 7) is 15.2. The van der Waals surface area contributed by atoms with E-state index in [9.17, 15) is 0 Å². The van der Waals surface area contributed by atoms with Gasteiger partial charge < -0.3 is 28.7 Å². The third-order valence-corrected chi connectivity index (χ3v) is 13.7. The van der Waals surface area contributed by atoms with Crippen LogP contribution >= 0.6 is 0 Å². The molecule has 332 valence electrons. The summed E-state index contributed by atoms with van der Waals surface area (Å²) in [6, 6.07) is 54.7. The van der Waals surface area contributed by atoms with Gasteiger partial charge in [-0.2, -0.15) is 0 Å². The summed E-state index contributed by atoms with van der Waals surface area (Å²) in [5, 5.41) is 15.5. The first-order valence-electron chi connectivity index (χ1n) is 23.6. The smallest absolute Gasteiger partial charge is 0.127 e. The Balaban J connectivity index is 1.10. The van der Waals surface area contributed by atoms with E-state index >= 15 is 0 Å². The number of nitrogens with zero attached hydrogens (tertiary/aromatic N) is 2. The van der Waals surface area contributed by atoms with Gasteiger partial charge in [-0.1, -0.05) is 54.6 Å². The summed E-state index contributed by atoms with van der Waals surface area (Å²) in [5.74, 6) is 3.46. The van der Waals surface area contributed by atoms with E-state index in [-0.39, 0.29) is 0 Å². The van der Waals surface area contributed by atoms with E-state index in [2.05, 4.69) is 177 Å². The second-order valence-corrected chi connectivity index (χ2v) is 17.3. The zero-order valence-corrected chi connectivity index (χ0v) is 39.3. The Hall–Kier alpha value is -7.70. The molecule has 0 spiro atoms. The quantitative estimate of drug-likeness (QED) is 0.108. The Morgan fingerprint density at radius 1 is 0.358 bits per heavy atom. The topological polar surface area (TPSA) is 43.4 Å². The van der Waals surface area contributed by atoms with Gasteiger partial charge in [0.1, 0.15) is 23.0 Å². The van der Waals surface area contributed by atoms with Crippen molar-refractivity contribution < 1.29 is 18.9 Å². The normalized spacial score (nSPS) is 11.7. The lowest BCUT2D eigenvalue weighted by atomic mass is 9.94. The van der Waals surface area contributed by atoms with Crippen LogP contribution in [0.25, 0.3) is 75.8 Å². The molecule has 0 N–H and O–H groups in total. The maximum Gasteiger partial charge on any atom is 0.127 e. The van der Waals surface area contributed by atoms with E-state index in [4.69, 9.17) is 18.9 Å². The molecule has 0 atom stereocenters.